The highest BCUT2D eigenvalue weighted by atomic mass is 19.4. The van der Waals surface area contributed by atoms with Crippen LogP contribution in [0.25, 0.3) is 0 Å². The van der Waals surface area contributed by atoms with Gasteiger partial charge in [-0.15, -0.1) is 5.10 Å². The Morgan fingerprint density at radius 3 is 2.23 bits per heavy atom. The van der Waals surface area contributed by atoms with E-state index in [2.05, 4.69) is 20.2 Å². The van der Waals surface area contributed by atoms with Crippen LogP contribution in [-0.2, 0) is 41.1 Å². The number of aliphatic carboxylic acids is 2. The fourth-order valence-corrected chi connectivity index (χ4v) is 3.36. The van der Waals surface area contributed by atoms with Gasteiger partial charge in [-0.25, -0.2) is 9.59 Å². The van der Waals surface area contributed by atoms with Crippen LogP contribution >= 0.6 is 0 Å². The van der Waals surface area contributed by atoms with Crippen molar-refractivity contribution in [3.8, 4) is 0 Å². The molecule has 0 spiro atoms. The first-order chi connectivity index (χ1) is 18.2. The van der Waals surface area contributed by atoms with Crippen molar-refractivity contribution in [2.45, 2.75) is 38.0 Å². The summed E-state index contributed by atoms with van der Waals surface area (Å²) < 4.78 is 76.8. The zero-order chi connectivity index (χ0) is 29.2. The number of ether oxygens (including phenoxy) is 1. The third kappa shape index (κ3) is 10.4. The zero-order valence-corrected chi connectivity index (χ0v) is 20.2. The van der Waals surface area contributed by atoms with E-state index in [4.69, 9.17) is 29.0 Å². The maximum Gasteiger partial charge on any atom is 0.490 e. The summed E-state index contributed by atoms with van der Waals surface area (Å²) in [7, 11) is 1.94. The molecule has 0 fully saturated rings. The standard InChI is InChI=1S/C18H21N5O2.2C2HF3O2/c1-22-18-14(12-24-13-15-5-2-3-7-19-15)9-23(11-17(18)20-21-22)10-16-6-4-8-25-16;2*3-2(4,5)1(6)7/h2-8,14H,9-13H2,1H3;2*(H,6,7). The molecule has 0 aromatic carbocycles. The third-order valence-electron chi connectivity index (χ3n) is 4.92. The van der Waals surface area contributed by atoms with Gasteiger partial charge in [-0.1, -0.05) is 11.3 Å². The number of carboxylic acid groups (broad SMARTS) is 2. The van der Waals surface area contributed by atoms with Gasteiger partial charge in [0.25, 0.3) is 0 Å². The summed E-state index contributed by atoms with van der Waals surface area (Å²) >= 11 is 0. The third-order valence-corrected chi connectivity index (χ3v) is 4.92. The van der Waals surface area contributed by atoms with E-state index in [0.717, 1.165) is 42.5 Å². The number of aromatic nitrogens is 4. The van der Waals surface area contributed by atoms with Gasteiger partial charge in [0.2, 0.25) is 0 Å². The fourth-order valence-electron chi connectivity index (χ4n) is 3.36. The Labute approximate surface area is 216 Å². The molecule has 4 rings (SSSR count). The highest BCUT2D eigenvalue weighted by Gasteiger charge is 2.39. The first kappa shape index (κ1) is 31.2. The molecule has 3 aromatic heterocycles. The van der Waals surface area contributed by atoms with Gasteiger partial charge >= 0.3 is 24.3 Å². The lowest BCUT2D eigenvalue weighted by molar-refractivity contribution is -0.193. The van der Waals surface area contributed by atoms with Gasteiger partial charge in [-0.3, -0.25) is 14.6 Å². The Bertz CT molecular complexity index is 1160. The largest absolute Gasteiger partial charge is 0.490 e. The Morgan fingerprint density at radius 1 is 1.08 bits per heavy atom. The van der Waals surface area contributed by atoms with Crippen molar-refractivity contribution < 1.29 is 55.3 Å². The number of fused-ring (bicyclic) bond motifs is 1. The van der Waals surface area contributed by atoms with Crippen LogP contribution in [0.15, 0.2) is 47.2 Å². The Hall–Kier alpha value is -3.99. The van der Waals surface area contributed by atoms with Crippen molar-refractivity contribution in [3.05, 3.63) is 65.6 Å². The second-order valence-corrected chi connectivity index (χ2v) is 7.93. The molecule has 1 aliphatic rings. The number of halogens is 6. The van der Waals surface area contributed by atoms with Crippen molar-refractivity contribution in [2.24, 2.45) is 7.05 Å². The Balaban J connectivity index is 0.000000317. The van der Waals surface area contributed by atoms with Crippen molar-refractivity contribution >= 4 is 11.9 Å². The van der Waals surface area contributed by atoms with Gasteiger partial charge in [0.15, 0.2) is 0 Å². The molecule has 2 N–H and O–H groups in total. The Morgan fingerprint density at radius 2 is 1.72 bits per heavy atom. The maximum atomic E-state index is 10.6. The van der Waals surface area contributed by atoms with Crippen LogP contribution in [0.1, 0.15) is 28.8 Å². The molecule has 1 unspecified atom stereocenters. The number of furan rings is 1. The van der Waals surface area contributed by atoms with Crippen molar-refractivity contribution in [1.82, 2.24) is 24.9 Å². The Kier molecular flexibility index (Phi) is 11.0. The number of carboxylic acids is 2. The van der Waals surface area contributed by atoms with Gasteiger partial charge in [0.1, 0.15) is 11.5 Å². The molecule has 0 radical (unpaired) electrons. The average Bonchev–Trinajstić information content (AvgIpc) is 3.49. The second-order valence-electron chi connectivity index (χ2n) is 7.93. The molecule has 0 aliphatic carbocycles. The van der Waals surface area contributed by atoms with E-state index in [9.17, 15) is 26.3 Å². The molecular formula is C22H23F6N5O6. The molecule has 39 heavy (non-hydrogen) atoms. The van der Waals surface area contributed by atoms with Crippen molar-refractivity contribution in [1.29, 1.82) is 0 Å². The maximum absolute atomic E-state index is 10.6. The van der Waals surface area contributed by atoms with E-state index in [-0.39, 0.29) is 5.92 Å². The van der Waals surface area contributed by atoms with Crippen molar-refractivity contribution in [3.63, 3.8) is 0 Å². The minimum absolute atomic E-state index is 0.224. The number of hydrogen-bond donors (Lipinski definition) is 2. The summed E-state index contributed by atoms with van der Waals surface area (Å²) in [6, 6.07) is 9.77. The molecule has 0 saturated heterocycles. The number of aryl methyl sites for hydroxylation is 1. The highest BCUT2D eigenvalue weighted by molar-refractivity contribution is 5.73. The zero-order valence-electron chi connectivity index (χ0n) is 20.2. The van der Waals surface area contributed by atoms with E-state index in [1.165, 1.54) is 0 Å². The number of hydrogen-bond acceptors (Lipinski definition) is 8. The van der Waals surface area contributed by atoms with Crippen LogP contribution < -0.4 is 0 Å². The predicted molar refractivity (Wildman–Crippen MR) is 118 cm³/mol. The summed E-state index contributed by atoms with van der Waals surface area (Å²) in [5.74, 6) is -4.33. The molecule has 1 aliphatic heterocycles. The quantitative estimate of drug-likeness (QED) is 0.426. The molecule has 214 valence electrons. The second kappa shape index (κ2) is 13.7. The summed E-state index contributed by atoms with van der Waals surface area (Å²) in [6.45, 7) is 3.55. The molecule has 1 atom stereocenters. The topological polar surface area (TPSA) is 144 Å². The normalized spacial score (nSPS) is 15.3. The minimum atomic E-state index is -5.08. The number of rotatable bonds is 6. The van der Waals surface area contributed by atoms with Gasteiger partial charge in [-0.05, 0) is 24.3 Å². The average molecular weight is 567 g/mol. The molecule has 17 heteroatoms. The molecule has 0 saturated carbocycles. The molecular weight excluding hydrogens is 544 g/mol. The number of alkyl halides is 6. The van der Waals surface area contributed by atoms with Crippen LogP contribution in [-0.4, -0.2) is 72.5 Å². The summed E-state index contributed by atoms with van der Waals surface area (Å²) in [6.07, 6.45) is -6.67. The molecule has 3 aromatic rings. The summed E-state index contributed by atoms with van der Waals surface area (Å²) in [4.78, 5) is 24.4. The summed E-state index contributed by atoms with van der Waals surface area (Å²) in [5.41, 5.74) is 3.12. The predicted octanol–water partition coefficient (Wildman–Crippen LogP) is 3.39. The van der Waals surface area contributed by atoms with Gasteiger partial charge in [0, 0.05) is 32.3 Å². The minimum Gasteiger partial charge on any atom is -0.475 e. The lowest BCUT2D eigenvalue weighted by atomic mass is 9.99. The lowest BCUT2D eigenvalue weighted by Crippen LogP contribution is -2.35. The van der Waals surface area contributed by atoms with E-state index >= 15 is 0 Å². The first-order valence-electron chi connectivity index (χ1n) is 10.9. The number of pyridine rings is 1. The van der Waals surface area contributed by atoms with Crippen LogP contribution in [0.2, 0.25) is 0 Å². The molecule has 4 heterocycles. The van der Waals surface area contributed by atoms with Crippen LogP contribution in [0.3, 0.4) is 0 Å². The number of carbonyl (C=O) groups is 2. The first-order valence-corrected chi connectivity index (χ1v) is 10.9. The van der Waals surface area contributed by atoms with Gasteiger partial charge in [-0.2, -0.15) is 26.3 Å². The van der Waals surface area contributed by atoms with E-state index < -0.39 is 24.3 Å². The number of nitrogens with zero attached hydrogens (tertiary/aromatic N) is 5. The lowest BCUT2D eigenvalue weighted by Gasteiger charge is -2.31. The van der Waals surface area contributed by atoms with Gasteiger partial charge in [0.05, 0.1) is 37.4 Å². The van der Waals surface area contributed by atoms with Crippen molar-refractivity contribution in [2.75, 3.05) is 13.2 Å². The van der Waals surface area contributed by atoms with Gasteiger partial charge < -0.3 is 19.4 Å². The molecule has 0 amide bonds. The monoisotopic (exact) mass is 567 g/mol. The van der Waals surface area contributed by atoms with Crippen LogP contribution in [0.5, 0.6) is 0 Å². The van der Waals surface area contributed by atoms with Crippen LogP contribution in [0.4, 0.5) is 26.3 Å². The molecule has 11 nitrogen and oxygen atoms in total. The van der Waals surface area contributed by atoms with Crippen LogP contribution in [0, 0.1) is 0 Å². The van der Waals surface area contributed by atoms with E-state index in [0.29, 0.717) is 13.2 Å². The smallest absolute Gasteiger partial charge is 0.475 e. The SMILES string of the molecule is Cn1nnc2c1C(COCc1ccccn1)CN(Cc1ccco1)C2.O=C(O)C(F)(F)F.O=C(O)C(F)(F)F. The highest BCUT2D eigenvalue weighted by Crippen LogP contribution is 2.28. The van der Waals surface area contributed by atoms with E-state index in [1.54, 1.807) is 12.5 Å². The summed E-state index contributed by atoms with van der Waals surface area (Å²) in [5, 5.41) is 22.8. The fraction of sp³-hybridized carbons (Fsp3) is 0.409. The molecule has 0 bridgehead atoms. The van der Waals surface area contributed by atoms with E-state index in [1.807, 2.05) is 42.1 Å².